The van der Waals surface area contributed by atoms with Gasteiger partial charge in [-0.2, -0.15) is 0 Å². The van der Waals surface area contributed by atoms with E-state index in [9.17, 15) is 14.4 Å². The summed E-state index contributed by atoms with van der Waals surface area (Å²) in [6.07, 6.45) is 3.04. The van der Waals surface area contributed by atoms with Crippen LogP contribution in [-0.2, 0) is 11.2 Å². The van der Waals surface area contributed by atoms with E-state index in [1.807, 2.05) is 38.1 Å². The van der Waals surface area contributed by atoms with Crippen LogP contribution in [-0.4, -0.2) is 29.7 Å². The van der Waals surface area contributed by atoms with Crippen molar-refractivity contribution in [3.05, 3.63) is 87.8 Å². The van der Waals surface area contributed by atoms with Gasteiger partial charge in [-0.25, -0.2) is 0 Å². The number of amides is 3. The van der Waals surface area contributed by atoms with Crippen molar-refractivity contribution in [1.29, 1.82) is 0 Å². The Kier molecular flexibility index (Phi) is 5.73. The van der Waals surface area contributed by atoms with E-state index < -0.39 is 11.8 Å². The molecule has 0 atom stereocenters. The second kappa shape index (κ2) is 8.24. The third kappa shape index (κ3) is 4.25. The Morgan fingerprint density at radius 2 is 1.67 bits per heavy atom. The van der Waals surface area contributed by atoms with Gasteiger partial charge in [-0.05, 0) is 48.8 Å². The van der Waals surface area contributed by atoms with E-state index in [-0.39, 0.29) is 23.7 Å². The Morgan fingerprint density at radius 1 is 1.00 bits per heavy atom. The third-order valence-corrected chi connectivity index (χ3v) is 4.88. The number of hydrogen-bond acceptors (Lipinski definition) is 5. The van der Waals surface area contributed by atoms with E-state index in [1.54, 1.807) is 18.2 Å². The molecule has 5 N–H and O–H groups in total. The molecule has 0 unspecified atom stereocenters. The molecule has 30 heavy (non-hydrogen) atoms. The normalized spacial score (nSPS) is 14.2. The minimum absolute atomic E-state index is 0.0808. The van der Waals surface area contributed by atoms with Crippen LogP contribution in [0.2, 0.25) is 0 Å². The number of fused-ring (bicyclic) bond motifs is 1. The largest absolute Gasteiger partial charge is 0.398 e. The lowest BCUT2D eigenvalue weighted by atomic mass is 9.97. The van der Waals surface area contributed by atoms with Crippen LogP contribution in [0, 0.1) is 13.8 Å². The van der Waals surface area contributed by atoms with E-state index in [0.717, 1.165) is 21.6 Å². The van der Waals surface area contributed by atoms with Crippen LogP contribution in [0.3, 0.4) is 0 Å². The van der Waals surface area contributed by atoms with Gasteiger partial charge >= 0.3 is 0 Å². The van der Waals surface area contributed by atoms with Crippen LogP contribution >= 0.6 is 0 Å². The zero-order valence-corrected chi connectivity index (χ0v) is 17.2. The number of carbonyl (C=O) groups excluding carboxylic acids is 3. The number of nitrogens with zero attached hydrogens (tertiary/aromatic N) is 1. The summed E-state index contributed by atoms with van der Waals surface area (Å²) in [5.74, 6) is -1.04. The second-order valence-corrected chi connectivity index (χ2v) is 7.35. The topological polar surface area (TPSA) is 119 Å². The lowest BCUT2D eigenvalue weighted by Crippen LogP contribution is -2.29. The van der Waals surface area contributed by atoms with Gasteiger partial charge in [-0.3, -0.25) is 19.3 Å². The molecule has 2 aromatic rings. The second-order valence-electron chi connectivity index (χ2n) is 7.35. The number of nitrogens with two attached hydrogens (primary N) is 2. The quantitative estimate of drug-likeness (QED) is 0.520. The zero-order chi connectivity index (χ0) is 22.0. The van der Waals surface area contributed by atoms with Crippen molar-refractivity contribution < 1.29 is 14.4 Å². The van der Waals surface area contributed by atoms with E-state index in [2.05, 4.69) is 5.32 Å². The maximum absolute atomic E-state index is 12.5. The van der Waals surface area contributed by atoms with Crippen LogP contribution < -0.4 is 16.8 Å². The van der Waals surface area contributed by atoms with Gasteiger partial charge in [0.15, 0.2) is 0 Å². The highest BCUT2D eigenvalue weighted by Crippen LogP contribution is 2.27. The van der Waals surface area contributed by atoms with Gasteiger partial charge in [-0.15, -0.1) is 0 Å². The molecule has 0 radical (unpaired) electrons. The molecular weight excluding hydrogens is 380 g/mol. The average Bonchev–Trinajstić information content (AvgIpc) is 2.90. The third-order valence-electron chi connectivity index (χ3n) is 4.88. The van der Waals surface area contributed by atoms with Crippen molar-refractivity contribution >= 4 is 23.4 Å². The highest BCUT2D eigenvalue weighted by Gasteiger charge is 2.35. The first-order valence-corrected chi connectivity index (χ1v) is 9.43. The number of imide groups is 1. The Balaban J connectivity index is 1.73. The fraction of sp³-hybridized carbons (Fsp3) is 0.174. The van der Waals surface area contributed by atoms with Crippen molar-refractivity contribution in [1.82, 2.24) is 10.2 Å². The van der Waals surface area contributed by atoms with Crippen molar-refractivity contribution in [2.75, 3.05) is 7.05 Å². The molecule has 154 valence electrons. The molecule has 0 fully saturated rings. The first-order valence-electron chi connectivity index (χ1n) is 9.43. The van der Waals surface area contributed by atoms with Gasteiger partial charge in [0.25, 0.3) is 11.8 Å². The number of allylic oxidation sites excluding steroid dienone is 2. The smallest absolute Gasteiger partial charge is 0.261 e. The molecule has 0 aliphatic carbocycles. The summed E-state index contributed by atoms with van der Waals surface area (Å²) >= 11 is 0. The van der Waals surface area contributed by atoms with Gasteiger partial charge in [0, 0.05) is 12.7 Å². The Hall–Kier alpha value is -3.87. The molecule has 1 aliphatic rings. The maximum Gasteiger partial charge on any atom is 0.261 e. The molecule has 3 rings (SSSR count). The molecule has 0 aromatic heterocycles. The van der Waals surface area contributed by atoms with Crippen LogP contribution in [0.4, 0.5) is 0 Å². The zero-order valence-electron chi connectivity index (χ0n) is 17.2. The monoisotopic (exact) mass is 404 g/mol. The number of aryl methyl sites for hydroxylation is 2. The molecule has 1 aliphatic heterocycles. The number of hydrogen-bond donors (Lipinski definition) is 3. The summed E-state index contributed by atoms with van der Waals surface area (Å²) in [5.41, 5.74) is 16.3. The minimum atomic E-state index is -0.407. The number of benzene rings is 2. The van der Waals surface area contributed by atoms with E-state index >= 15 is 0 Å². The average molecular weight is 404 g/mol. The summed E-state index contributed by atoms with van der Waals surface area (Å²) in [6.45, 7) is 3.80. The summed E-state index contributed by atoms with van der Waals surface area (Å²) in [6, 6.07) is 11.1. The van der Waals surface area contributed by atoms with Crippen molar-refractivity contribution in [3.63, 3.8) is 0 Å². The fourth-order valence-corrected chi connectivity index (χ4v) is 3.30. The summed E-state index contributed by atoms with van der Waals surface area (Å²) in [5, 5.41) is 2.58. The van der Waals surface area contributed by atoms with Gasteiger partial charge in [0.05, 0.1) is 17.5 Å². The minimum Gasteiger partial charge on any atom is -0.398 e. The van der Waals surface area contributed by atoms with Gasteiger partial charge in [0.1, 0.15) is 5.82 Å². The first kappa shape index (κ1) is 20.9. The van der Waals surface area contributed by atoms with Crippen molar-refractivity contribution in [2.45, 2.75) is 20.3 Å². The van der Waals surface area contributed by atoms with Crippen LogP contribution in [0.1, 0.15) is 43.0 Å². The van der Waals surface area contributed by atoms with Gasteiger partial charge in [0.2, 0.25) is 5.91 Å². The molecule has 7 heteroatoms. The maximum atomic E-state index is 12.5. The summed E-state index contributed by atoms with van der Waals surface area (Å²) in [4.78, 5) is 38.1. The predicted octanol–water partition coefficient (Wildman–Crippen LogP) is 1.99. The molecule has 0 spiro atoms. The van der Waals surface area contributed by atoms with Crippen LogP contribution in [0.15, 0.2) is 54.4 Å². The molecular formula is C23H24N4O3. The highest BCUT2D eigenvalue weighted by molar-refractivity contribution is 6.22. The summed E-state index contributed by atoms with van der Waals surface area (Å²) < 4.78 is 0. The molecule has 3 amide bonds. The number of nitrogens with one attached hydrogen (secondary N) is 1. The van der Waals surface area contributed by atoms with Crippen molar-refractivity contribution in [3.8, 4) is 0 Å². The van der Waals surface area contributed by atoms with Crippen LogP contribution in [0.5, 0.6) is 0 Å². The lowest BCUT2D eigenvalue weighted by molar-refractivity contribution is -0.119. The molecule has 2 aromatic carbocycles. The number of carbonyl (C=O) groups is 3. The molecule has 0 bridgehead atoms. The molecule has 0 saturated heterocycles. The van der Waals surface area contributed by atoms with Crippen molar-refractivity contribution in [2.24, 2.45) is 11.5 Å². The first-order chi connectivity index (χ1) is 14.2. The van der Waals surface area contributed by atoms with Gasteiger partial charge < -0.3 is 16.8 Å². The van der Waals surface area contributed by atoms with Crippen LogP contribution in [0.25, 0.3) is 5.70 Å². The Morgan fingerprint density at radius 3 is 2.33 bits per heavy atom. The standard InChI is InChI=1S/C23H24N4O3/c1-13-4-6-15(7-5-13)18(24)8-9-19(25)26-20(28)12-16-10-14(2)11-17-21(16)23(30)27(3)22(17)29/h4-11H,12,24-25H2,1-3H3,(H,26,28)/b18-8-,19-9+. The molecule has 7 nitrogen and oxygen atoms in total. The van der Waals surface area contributed by atoms with E-state index in [0.29, 0.717) is 16.8 Å². The number of rotatable bonds is 5. The Bertz CT molecular complexity index is 1100. The Labute approximate surface area is 175 Å². The SMILES string of the molecule is Cc1ccc(/C(N)=C/C=C(\N)NC(=O)Cc2cc(C)cc3c2C(=O)N(C)C3=O)cc1. The molecule has 0 saturated carbocycles. The lowest BCUT2D eigenvalue weighted by Gasteiger charge is -2.09. The van der Waals surface area contributed by atoms with E-state index in [1.165, 1.54) is 13.1 Å². The van der Waals surface area contributed by atoms with E-state index in [4.69, 9.17) is 11.5 Å². The fourth-order valence-electron chi connectivity index (χ4n) is 3.30. The molecule has 1 heterocycles. The summed E-state index contributed by atoms with van der Waals surface area (Å²) in [7, 11) is 1.43. The highest BCUT2D eigenvalue weighted by atomic mass is 16.2. The van der Waals surface area contributed by atoms with Gasteiger partial charge in [-0.1, -0.05) is 35.9 Å². The predicted molar refractivity (Wildman–Crippen MR) is 115 cm³/mol.